The second-order valence-electron chi connectivity index (χ2n) is 9.65. The van der Waals surface area contributed by atoms with Crippen molar-refractivity contribution in [3.63, 3.8) is 0 Å². The molecule has 0 bridgehead atoms. The Morgan fingerprint density at radius 2 is 1.68 bits per heavy atom. The van der Waals surface area contributed by atoms with E-state index < -0.39 is 5.54 Å². The normalized spacial score (nSPS) is 16.3. The molecule has 1 aliphatic rings. The molecule has 0 amide bonds. The fourth-order valence-corrected chi connectivity index (χ4v) is 4.23. The van der Waals surface area contributed by atoms with Crippen LogP contribution >= 0.6 is 0 Å². The van der Waals surface area contributed by atoms with E-state index in [1.165, 1.54) is 11.1 Å². The van der Waals surface area contributed by atoms with Crippen LogP contribution in [-0.4, -0.2) is 15.1 Å². The summed E-state index contributed by atoms with van der Waals surface area (Å²) in [5, 5.41) is 4.14. The lowest BCUT2D eigenvalue weighted by Gasteiger charge is -2.35. The highest BCUT2D eigenvalue weighted by atomic mass is 16.5. The molecule has 2 N–H and O–H groups in total. The number of aromatic nitrogens is 3. The van der Waals surface area contributed by atoms with Gasteiger partial charge in [0.25, 0.3) is 0 Å². The molecule has 2 aromatic heterocycles. The topological polar surface area (TPSA) is 87.1 Å². The minimum atomic E-state index is -0.422. The van der Waals surface area contributed by atoms with Crippen LogP contribution in [0.4, 0.5) is 0 Å². The molecule has 0 saturated heterocycles. The highest BCUT2D eigenvalue weighted by molar-refractivity contribution is 5.56. The number of nitrogens with two attached hydrogens (primary N) is 1. The molecule has 6 heteroatoms. The van der Waals surface area contributed by atoms with E-state index in [9.17, 15) is 0 Å². The molecule has 5 rings (SSSR count). The predicted molar refractivity (Wildman–Crippen MR) is 131 cm³/mol. The number of nitrogens with zero attached hydrogens (tertiary/aromatic N) is 3. The van der Waals surface area contributed by atoms with Crippen molar-refractivity contribution in [1.82, 2.24) is 15.1 Å². The zero-order valence-corrected chi connectivity index (χ0v) is 19.9. The van der Waals surface area contributed by atoms with Crippen LogP contribution < -0.4 is 10.5 Å². The Kier molecular flexibility index (Phi) is 5.70. The Morgan fingerprint density at radius 1 is 1.00 bits per heavy atom. The third-order valence-electron chi connectivity index (χ3n) is 7.10. The van der Waals surface area contributed by atoms with Crippen molar-refractivity contribution in [2.75, 3.05) is 0 Å². The third kappa shape index (κ3) is 4.21. The molecule has 34 heavy (non-hydrogen) atoms. The van der Waals surface area contributed by atoms with Crippen LogP contribution in [-0.2, 0) is 17.6 Å². The first-order chi connectivity index (χ1) is 16.4. The van der Waals surface area contributed by atoms with Gasteiger partial charge in [-0.1, -0.05) is 68.4 Å². The summed E-state index contributed by atoms with van der Waals surface area (Å²) >= 11 is 0. The van der Waals surface area contributed by atoms with Crippen LogP contribution in [0.5, 0.6) is 5.75 Å². The zero-order valence-electron chi connectivity index (χ0n) is 19.9. The number of rotatable bonds is 8. The summed E-state index contributed by atoms with van der Waals surface area (Å²) in [5.74, 6) is 2.32. The van der Waals surface area contributed by atoms with Gasteiger partial charge in [0.05, 0.1) is 11.2 Å². The minimum Gasteiger partial charge on any atom is -0.487 e. The highest BCUT2D eigenvalue weighted by Gasteiger charge is 2.45. The largest absolute Gasteiger partial charge is 0.487 e. The molecule has 1 unspecified atom stereocenters. The van der Waals surface area contributed by atoms with Crippen LogP contribution in [0.1, 0.15) is 56.3 Å². The molecule has 0 radical (unpaired) electrons. The van der Waals surface area contributed by atoms with Crippen molar-refractivity contribution in [1.29, 1.82) is 0 Å². The van der Waals surface area contributed by atoms with Crippen molar-refractivity contribution in [2.45, 2.75) is 51.2 Å². The van der Waals surface area contributed by atoms with Crippen LogP contribution in [0.25, 0.3) is 11.4 Å². The van der Waals surface area contributed by atoms with Crippen molar-refractivity contribution in [2.24, 2.45) is 11.7 Å². The molecule has 0 aliphatic heterocycles. The second kappa shape index (κ2) is 8.69. The summed E-state index contributed by atoms with van der Waals surface area (Å²) in [6, 6.07) is 22.7. The molecule has 1 saturated carbocycles. The molecule has 1 fully saturated rings. The molecule has 1 atom stereocenters. The first kappa shape index (κ1) is 22.3. The van der Waals surface area contributed by atoms with Gasteiger partial charge in [0.15, 0.2) is 0 Å². The molecular weight excluding hydrogens is 424 g/mol. The summed E-state index contributed by atoms with van der Waals surface area (Å²) < 4.78 is 11.3. The Labute approximate surface area is 200 Å². The van der Waals surface area contributed by atoms with Gasteiger partial charge in [-0.05, 0) is 54.2 Å². The lowest BCUT2D eigenvalue weighted by atomic mass is 9.68. The smallest absolute Gasteiger partial charge is 0.247 e. The fourth-order valence-electron chi connectivity index (χ4n) is 4.23. The molecule has 0 spiro atoms. The Morgan fingerprint density at radius 3 is 2.26 bits per heavy atom. The quantitative estimate of drug-likeness (QED) is 0.372. The lowest BCUT2D eigenvalue weighted by Crippen LogP contribution is -2.30. The SMILES string of the molecule is CC(C)C(C)(c1ccc(OCc2ccccn2)cc1)c1ccc(-c2noc(C3(N)CC3)n2)cc1. The average molecular weight is 455 g/mol. The van der Waals surface area contributed by atoms with E-state index in [4.69, 9.17) is 15.0 Å². The van der Waals surface area contributed by atoms with Gasteiger partial charge in [0, 0.05) is 17.2 Å². The van der Waals surface area contributed by atoms with Crippen LogP contribution in [0.2, 0.25) is 0 Å². The van der Waals surface area contributed by atoms with E-state index in [-0.39, 0.29) is 5.41 Å². The van der Waals surface area contributed by atoms with Crippen LogP contribution in [0, 0.1) is 5.92 Å². The average Bonchev–Trinajstić information content (AvgIpc) is 3.41. The summed E-state index contributed by atoms with van der Waals surface area (Å²) in [6.07, 6.45) is 3.57. The standard InChI is InChI=1S/C28H30N4O2/c1-19(2)27(3,22-11-13-24(14-12-22)33-18-23-6-4-5-17-30-23)21-9-7-20(8-10-21)25-31-26(34-32-25)28(29)15-16-28/h4-14,17,19H,15-16,18,29H2,1-3H3. The van der Waals surface area contributed by atoms with E-state index >= 15 is 0 Å². The Bertz CT molecular complexity index is 1250. The predicted octanol–water partition coefficient (Wildman–Crippen LogP) is 5.62. The van der Waals surface area contributed by atoms with Gasteiger partial charge in [-0.25, -0.2) is 0 Å². The molecular formula is C28H30N4O2. The summed E-state index contributed by atoms with van der Waals surface area (Å²) in [4.78, 5) is 8.84. The van der Waals surface area contributed by atoms with Crippen LogP contribution in [0.3, 0.4) is 0 Å². The first-order valence-electron chi connectivity index (χ1n) is 11.8. The highest BCUT2D eigenvalue weighted by Crippen LogP contribution is 2.43. The van der Waals surface area contributed by atoms with Gasteiger partial charge in [0.2, 0.25) is 11.7 Å². The second-order valence-corrected chi connectivity index (χ2v) is 9.65. The molecule has 6 nitrogen and oxygen atoms in total. The van der Waals surface area contributed by atoms with E-state index in [0.717, 1.165) is 29.8 Å². The van der Waals surface area contributed by atoms with Crippen molar-refractivity contribution in [3.8, 4) is 17.1 Å². The zero-order chi connectivity index (χ0) is 23.8. The van der Waals surface area contributed by atoms with Gasteiger partial charge in [-0.2, -0.15) is 4.98 Å². The van der Waals surface area contributed by atoms with E-state index in [1.807, 2.05) is 30.3 Å². The molecule has 2 heterocycles. The van der Waals surface area contributed by atoms with Gasteiger partial charge in [-0.15, -0.1) is 0 Å². The Balaban J connectivity index is 1.35. The monoisotopic (exact) mass is 454 g/mol. The summed E-state index contributed by atoms with van der Waals surface area (Å²) in [7, 11) is 0. The Hall–Kier alpha value is -3.51. The summed E-state index contributed by atoms with van der Waals surface area (Å²) in [6.45, 7) is 7.24. The van der Waals surface area contributed by atoms with Crippen molar-refractivity contribution < 1.29 is 9.26 Å². The molecule has 1 aliphatic carbocycles. The molecule has 4 aromatic rings. The number of benzene rings is 2. The third-order valence-corrected chi connectivity index (χ3v) is 7.10. The maximum atomic E-state index is 6.19. The van der Waals surface area contributed by atoms with Gasteiger partial charge in [-0.3, -0.25) is 4.98 Å². The van der Waals surface area contributed by atoms with Crippen LogP contribution in [0.15, 0.2) is 77.4 Å². The number of ether oxygens (including phenoxy) is 1. The van der Waals surface area contributed by atoms with E-state index in [1.54, 1.807) is 6.20 Å². The van der Waals surface area contributed by atoms with E-state index in [2.05, 4.69) is 72.3 Å². The molecule has 2 aromatic carbocycles. The molecule has 174 valence electrons. The van der Waals surface area contributed by atoms with Gasteiger partial charge >= 0.3 is 0 Å². The van der Waals surface area contributed by atoms with Gasteiger partial charge < -0.3 is 15.0 Å². The minimum absolute atomic E-state index is 0.171. The maximum absolute atomic E-state index is 6.19. The lowest BCUT2D eigenvalue weighted by molar-refractivity contribution is 0.301. The number of pyridine rings is 1. The number of hydrogen-bond donors (Lipinski definition) is 1. The first-order valence-corrected chi connectivity index (χ1v) is 11.8. The van der Waals surface area contributed by atoms with Crippen molar-refractivity contribution in [3.05, 3.63) is 95.6 Å². The number of hydrogen-bond acceptors (Lipinski definition) is 6. The summed E-state index contributed by atoms with van der Waals surface area (Å²) in [5.41, 5.74) is 9.90. The fraction of sp³-hybridized carbons (Fsp3) is 0.321. The van der Waals surface area contributed by atoms with Crippen molar-refractivity contribution >= 4 is 0 Å². The van der Waals surface area contributed by atoms with Gasteiger partial charge in [0.1, 0.15) is 12.4 Å². The van der Waals surface area contributed by atoms with E-state index in [0.29, 0.717) is 24.2 Å². The maximum Gasteiger partial charge on any atom is 0.247 e.